The van der Waals surface area contributed by atoms with Crippen LogP contribution in [0.2, 0.25) is 0 Å². The molecule has 2 aliphatic heterocycles. The van der Waals surface area contributed by atoms with Crippen molar-refractivity contribution < 1.29 is 48.5 Å². The van der Waals surface area contributed by atoms with Crippen molar-refractivity contribution in [1.29, 1.82) is 0 Å². The van der Waals surface area contributed by atoms with Crippen molar-refractivity contribution in [2.24, 2.45) is 0 Å². The molecule has 6 N–H and O–H groups in total. The topological polar surface area (TPSA) is 219 Å². The predicted molar refractivity (Wildman–Crippen MR) is 227 cm³/mol. The minimum atomic E-state index is -1.61. The van der Waals surface area contributed by atoms with Crippen LogP contribution < -0.4 is 26.2 Å². The van der Waals surface area contributed by atoms with Gasteiger partial charge in [-0.25, -0.2) is 9.59 Å². The molecule has 61 heavy (non-hydrogen) atoms. The van der Waals surface area contributed by atoms with E-state index in [1.54, 1.807) is 24.3 Å². The van der Waals surface area contributed by atoms with Crippen molar-refractivity contribution in [3.63, 3.8) is 0 Å². The van der Waals surface area contributed by atoms with Gasteiger partial charge in [-0.1, -0.05) is 42.5 Å². The standard InChI is InChI=1S/C44H57N7O10/c1-43(2,58)35(47-41(56)60-5)39(54)50-24-10-14-33(50)37(52)45-30-20-16-28(17-21-30)26-49(32-12-8-7-9-13-32)27-29-18-22-31(23-19-29)46-38(53)34-15-11-25-51(34)40(55)36(44(3,4)59)48-42(57)61-6/h7-9,12-13,16-23,33-36,58-59H,10-11,14-15,24-27H2,1-6H3,(H,45,52)(H,46,53)(H,47,56)(H,48,57). The van der Waals surface area contributed by atoms with Crippen LogP contribution >= 0.6 is 0 Å². The number of hydrogen-bond acceptors (Lipinski definition) is 11. The Labute approximate surface area is 355 Å². The molecule has 0 aliphatic carbocycles. The summed E-state index contributed by atoms with van der Waals surface area (Å²) in [6.07, 6.45) is 0.273. The summed E-state index contributed by atoms with van der Waals surface area (Å²) in [5.41, 5.74) is 0.780. The molecule has 2 saturated heterocycles. The van der Waals surface area contributed by atoms with E-state index in [0.717, 1.165) is 31.0 Å². The molecule has 328 valence electrons. The molecule has 3 aromatic rings. The molecular formula is C44H57N7O10. The van der Waals surface area contributed by atoms with Crippen LogP contribution in [0.1, 0.15) is 64.5 Å². The average Bonchev–Trinajstić information content (AvgIpc) is 3.93. The lowest BCUT2D eigenvalue weighted by Crippen LogP contribution is -2.60. The van der Waals surface area contributed by atoms with Gasteiger partial charge < -0.3 is 55.7 Å². The maximum atomic E-state index is 13.5. The van der Waals surface area contributed by atoms with Crippen molar-refractivity contribution in [1.82, 2.24) is 20.4 Å². The molecule has 0 bridgehead atoms. The number of likely N-dealkylation sites (tertiary alicyclic amines) is 2. The maximum Gasteiger partial charge on any atom is 0.407 e. The lowest BCUT2D eigenvalue weighted by Gasteiger charge is -2.34. The molecule has 6 amide bonds. The molecule has 0 saturated carbocycles. The Hall–Kier alpha value is -6.20. The van der Waals surface area contributed by atoms with Crippen molar-refractivity contribution in [2.75, 3.05) is 42.8 Å². The van der Waals surface area contributed by atoms with E-state index in [2.05, 4.69) is 35.6 Å². The van der Waals surface area contributed by atoms with E-state index >= 15 is 0 Å². The van der Waals surface area contributed by atoms with Gasteiger partial charge in [0, 0.05) is 43.2 Å². The maximum absolute atomic E-state index is 13.5. The van der Waals surface area contributed by atoms with E-state index in [4.69, 9.17) is 0 Å². The number of anilines is 3. The lowest BCUT2D eigenvalue weighted by molar-refractivity contribution is -0.143. The Balaban J connectivity index is 1.21. The van der Waals surface area contributed by atoms with Crippen molar-refractivity contribution in [3.05, 3.63) is 90.0 Å². The van der Waals surface area contributed by atoms with Gasteiger partial charge in [0.05, 0.1) is 25.4 Å². The van der Waals surface area contributed by atoms with Crippen molar-refractivity contribution in [2.45, 2.75) is 102 Å². The first-order chi connectivity index (χ1) is 28.9. The van der Waals surface area contributed by atoms with E-state index in [-0.39, 0.29) is 11.8 Å². The zero-order valence-electron chi connectivity index (χ0n) is 35.5. The number of nitrogens with zero attached hydrogens (tertiary/aromatic N) is 3. The monoisotopic (exact) mass is 843 g/mol. The molecule has 0 spiro atoms. The van der Waals surface area contributed by atoms with Gasteiger partial charge in [0.25, 0.3) is 0 Å². The SMILES string of the molecule is COC(=O)NC(C(=O)N1CCCC1C(=O)Nc1ccc(CN(Cc2ccc(NC(=O)C3CCCN3C(=O)C(NC(=O)OC)C(C)(C)O)cc2)c2ccccc2)cc1)C(C)(C)O. The van der Waals surface area contributed by atoms with Gasteiger partial charge in [0.1, 0.15) is 24.2 Å². The van der Waals surface area contributed by atoms with E-state index in [0.29, 0.717) is 63.2 Å². The van der Waals surface area contributed by atoms with Gasteiger partial charge in [-0.3, -0.25) is 19.2 Å². The van der Waals surface area contributed by atoms with Crippen molar-refractivity contribution >= 4 is 52.9 Å². The van der Waals surface area contributed by atoms with E-state index in [1.165, 1.54) is 37.5 Å². The van der Waals surface area contributed by atoms with Gasteiger partial charge in [-0.15, -0.1) is 0 Å². The number of methoxy groups -OCH3 is 2. The quantitative estimate of drug-likeness (QED) is 0.130. The number of amides is 6. The number of rotatable bonds is 15. The summed E-state index contributed by atoms with van der Waals surface area (Å²) >= 11 is 0. The fourth-order valence-corrected chi connectivity index (χ4v) is 7.53. The van der Waals surface area contributed by atoms with Crippen LogP contribution in [0.15, 0.2) is 78.9 Å². The molecule has 2 aliphatic rings. The average molecular weight is 844 g/mol. The summed E-state index contributed by atoms with van der Waals surface area (Å²) in [7, 11) is 2.32. The van der Waals surface area contributed by atoms with Crippen LogP contribution in [0, 0.1) is 0 Å². The molecule has 2 fully saturated rings. The Morgan fingerprint density at radius 1 is 0.639 bits per heavy atom. The fourth-order valence-electron chi connectivity index (χ4n) is 7.53. The Kier molecular flexibility index (Phi) is 15.0. The normalized spacial score (nSPS) is 17.4. The van der Waals surface area contributed by atoms with Gasteiger partial charge in [-0.2, -0.15) is 0 Å². The summed E-state index contributed by atoms with van der Waals surface area (Å²) in [6.45, 7) is 7.25. The predicted octanol–water partition coefficient (Wildman–Crippen LogP) is 3.74. The van der Waals surface area contributed by atoms with Crippen LogP contribution in [-0.2, 0) is 41.7 Å². The molecule has 17 nitrogen and oxygen atoms in total. The molecule has 17 heteroatoms. The van der Waals surface area contributed by atoms with Gasteiger partial charge >= 0.3 is 12.2 Å². The van der Waals surface area contributed by atoms with Gasteiger partial charge in [0.15, 0.2) is 0 Å². The lowest BCUT2D eigenvalue weighted by atomic mass is 9.97. The smallest absolute Gasteiger partial charge is 0.407 e. The minimum absolute atomic E-state index is 0.295. The third kappa shape index (κ3) is 12.0. The largest absolute Gasteiger partial charge is 0.453 e. The summed E-state index contributed by atoms with van der Waals surface area (Å²) in [5.74, 6) is -1.91. The molecule has 5 rings (SSSR count). The van der Waals surface area contributed by atoms with E-state index in [1.807, 2.05) is 54.6 Å². The zero-order chi connectivity index (χ0) is 44.5. The third-order valence-electron chi connectivity index (χ3n) is 10.8. The molecule has 4 unspecified atom stereocenters. The highest BCUT2D eigenvalue weighted by molar-refractivity contribution is 6.00. The second kappa shape index (κ2) is 19.9. The van der Waals surface area contributed by atoms with Crippen LogP contribution in [0.25, 0.3) is 0 Å². The number of benzene rings is 3. The number of carbonyl (C=O) groups excluding carboxylic acids is 6. The van der Waals surface area contributed by atoms with Crippen LogP contribution in [0.5, 0.6) is 0 Å². The highest BCUT2D eigenvalue weighted by Crippen LogP contribution is 2.27. The van der Waals surface area contributed by atoms with E-state index < -0.39 is 59.4 Å². The highest BCUT2D eigenvalue weighted by Gasteiger charge is 2.44. The second-order valence-corrected chi connectivity index (χ2v) is 16.4. The Morgan fingerprint density at radius 3 is 1.36 bits per heavy atom. The molecule has 4 atom stereocenters. The number of alkyl carbamates (subject to hydrolysis) is 2. The molecule has 0 aromatic heterocycles. The summed E-state index contributed by atoms with van der Waals surface area (Å²) in [6, 6.07) is 20.5. The third-order valence-corrected chi connectivity index (χ3v) is 10.8. The van der Waals surface area contributed by atoms with E-state index in [9.17, 15) is 39.0 Å². The van der Waals surface area contributed by atoms with Crippen LogP contribution in [0.3, 0.4) is 0 Å². The minimum Gasteiger partial charge on any atom is -0.453 e. The number of nitrogens with one attached hydrogen (secondary N) is 4. The van der Waals surface area contributed by atoms with Crippen LogP contribution in [-0.4, -0.2) is 119 Å². The first kappa shape index (κ1) is 45.9. The summed E-state index contributed by atoms with van der Waals surface area (Å²) < 4.78 is 9.28. The number of ether oxygens (including phenoxy) is 2. The molecular weight excluding hydrogens is 787 g/mol. The second-order valence-electron chi connectivity index (χ2n) is 16.4. The molecule has 2 heterocycles. The van der Waals surface area contributed by atoms with Gasteiger partial charge in [0.2, 0.25) is 23.6 Å². The molecule has 0 radical (unpaired) electrons. The molecule has 3 aromatic carbocycles. The zero-order valence-corrected chi connectivity index (χ0v) is 35.5. The Morgan fingerprint density at radius 2 is 1.02 bits per heavy atom. The first-order valence-electron chi connectivity index (χ1n) is 20.2. The highest BCUT2D eigenvalue weighted by atomic mass is 16.5. The number of aliphatic hydroxyl groups is 2. The number of hydrogen-bond donors (Lipinski definition) is 6. The van der Waals surface area contributed by atoms with Crippen LogP contribution in [0.4, 0.5) is 26.7 Å². The number of carbonyl (C=O) groups is 6. The first-order valence-corrected chi connectivity index (χ1v) is 20.2. The Bertz CT molecular complexity index is 1890. The van der Waals surface area contributed by atoms with Gasteiger partial charge in [-0.05, 0) is 101 Å². The van der Waals surface area contributed by atoms with Crippen molar-refractivity contribution in [3.8, 4) is 0 Å². The summed E-state index contributed by atoms with van der Waals surface area (Å²) in [4.78, 5) is 82.8. The summed E-state index contributed by atoms with van der Waals surface area (Å²) in [5, 5.41) is 31.9. The fraction of sp³-hybridized carbons (Fsp3) is 0.455. The number of para-hydroxylation sites is 1.